The molecule has 1 aliphatic heterocycles. The summed E-state index contributed by atoms with van der Waals surface area (Å²) < 4.78 is 5.66. The largest absolute Gasteiger partial charge is 0.494 e. The maximum Gasteiger partial charge on any atom is 0.313 e. The van der Waals surface area contributed by atoms with Gasteiger partial charge >= 0.3 is 11.8 Å². The van der Waals surface area contributed by atoms with Crippen LogP contribution in [0.25, 0.3) is 0 Å². The number of nitrogens with one attached hydrogen (secondary N) is 2. The van der Waals surface area contributed by atoms with Gasteiger partial charge in [-0.3, -0.25) is 9.59 Å². The lowest BCUT2D eigenvalue weighted by atomic mass is 9.99. The number of piperidine rings is 1. The minimum absolute atomic E-state index is 0.512. The van der Waals surface area contributed by atoms with Gasteiger partial charge in [-0.25, -0.2) is 0 Å². The molecule has 0 unspecified atom stereocenters. The quantitative estimate of drug-likeness (QED) is 0.462. The van der Waals surface area contributed by atoms with Gasteiger partial charge in [-0.1, -0.05) is 6.92 Å². The summed E-state index contributed by atoms with van der Waals surface area (Å²) >= 11 is 0. The van der Waals surface area contributed by atoms with E-state index < -0.39 is 11.8 Å². The number of nitrogens with zero attached hydrogens (tertiary/aromatic N) is 2. The molecule has 1 heterocycles. The summed E-state index contributed by atoms with van der Waals surface area (Å²) in [6.07, 6.45) is 4.29. The molecule has 0 aliphatic carbocycles. The van der Waals surface area contributed by atoms with E-state index in [9.17, 15) is 9.59 Å². The number of ether oxygens (including phenoxy) is 1. The molecule has 0 bridgehead atoms. The summed E-state index contributed by atoms with van der Waals surface area (Å²) in [5, 5.41) is 5.32. The van der Waals surface area contributed by atoms with Gasteiger partial charge in [-0.15, -0.1) is 0 Å². The van der Waals surface area contributed by atoms with Crippen LogP contribution in [0.5, 0.6) is 5.75 Å². The zero-order valence-corrected chi connectivity index (χ0v) is 18.1. The minimum atomic E-state index is -0.642. The van der Waals surface area contributed by atoms with Gasteiger partial charge in [0.15, 0.2) is 0 Å². The third-order valence-corrected chi connectivity index (χ3v) is 5.15. The Balaban J connectivity index is 1.61. The topological polar surface area (TPSA) is 73.9 Å². The third-order valence-electron chi connectivity index (χ3n) is 5.15. The Morgan fingerprint density at radius 1 is 1.10 bits per heavy atom. The standard InChI is InChI=1S/C22H36N4O3/c1-18-10-15-26(16-11-18)14-4-12-23-21(27)22(28)24-19-6-8-20(9-7-19)29-17-5-13-25(2)3/h6-9,18H,4-5,10-17H2,1-3H3,(H,23,27)(H,24,28). The van der Waals surface area contributed by atoms with Crippen molar-refractivity contribution in [3.05, 3.63) is 24.3 Å². The lowest BCUT2D eigenvalue weighted by molar-refractivity contribution is -0.136. The van der Waals surface area contributed by atoms with Crippen molar-refractivity contribution in [3.8, 4) is 5.75 Å². The summed E-state index contributed by atoms with van der Waals surface area (Å²) in [6.45, 7) is 7.64. The van der Waals surface area contributed by atoms with Gasteiger partial charge in [0.25, 0.3) is 0 Å². The molecule has 162 valence electrons. The first-order valence-electron chi connectivity index (χ1n) is 10.6. The second-order valence-electron chi connectivity index (χ2n) is 8.12. The molecular formula is C22H36N4O3. The van der Waals surface area contributed by atoms with Crippen LogP contribution >= 0.6 is 0 Å². The zero-order chi connectivity index (χ0) is 21.1. The van der Waals surface area contributed by atoms with E-state index in [2.05, 4.69) is 27.4 Å². The van der Waals surface area contributed by atoms with E-state index in [1.165, 1.54) is 12.8 Å². The van der Waals surface area contributed by atoms with Gasteiger partial charge in [-0.05, 0) is 89.6 Å². The molecular weight excluding hydrogens is 368 g/mol. The van der Waals surface area contributed by atoms with Crippen molar-refractivity contribution in [1.29, 1.82) is 0 Å². The van der Waals surface area contributed by atoms with Gasteiger partial charge in [-0.2, -0.15) is 0 Å². The maximum absolute atomic E-state index is 12.0. The van der Waals surface area contributed by atoms with Crippen molar-refractivity contribution in [3.63, 3.8) is 0 Å². The van der Waals surface area contributed by atoms with E-state index in [0.29, 0.717) is 18.8 Å². The van der Waals surface area contributed by atoms with Crippen molar-refractivity contribution in [2.24, 2.45) is 5.92 Å². The second-order valence-corrected chi connectivity index (χ2v) is 8.12. The lowest BCUT2D eigenvalue weighted by Crippen LogP contribution is -2.38. The highest BCUT2D eigenvalue weighted by Gasteiger charge is 2.16. The molecule has 0 radical (unpaired) electrons. The number of hydrogen-bond donors (Lipinski definition) is 2. The number of likely N-dealkylation sites (tertiary alicyclic amines) is 1. The van der Waals surface area contributed by atoms with Crippen LogP contribution in [0.15, 0.2) is 24.3 Å². The van der Waals surface area contributed by atoms with E-state index in [-0.39, 0.29) is 0 Å². The molecule has 7 heteroatoms. The molecule has 0 spiro atoms. The van der Waals surface area contributed by atoms with Gasteiger partial charge in [0.1, 0.15) is 5.75 Å². The Hall–Kier alpha value is -2.12. The number of amides is 2. The highest BCUT2D eigenvalue weighted by Crippen LogP contribution is 2.16. The molecule has 29 heavy (non-hydrogen) atoms. The highest BCUT2D eigenvalue weighted by atomic mass is 16.5. The van der Waals surface area contributed by atoms with Crippen LogP contribution in [0.1, 0.15) is 32.6 Å². The first-order valence-corrected chi connectivity index (χ1v) is 10.6. The van der Waals surface area contributed by atoms with E-state index in [1.807, 2.05) is 14.1 Å². The fourth-order valence-corrected chi connectivity index (χ4v) is 3.26. The average Bonchev–Trinajstić information content (AvgIpc) is 2.70. The highest BCUT2D eigenvalue weighted by molar-refractivity contribution is 6.39. The molecule has 1 fully saturated rings. The minimum Gasteiger partial charge on any atom is -0.494 e. The maximum atomic E-state index is 12.0. The van der Waals surface area contributed by atoms with E-state index >= 15 is 0 Å². The summed E-state index contributed by atoms with van der Waals surface area (Å²) in [5.41, 5.74) is 0.577. The monoisotopic (exact) mass is 404 g/mol. The molecule has 0 atom stereocenters. The summed E-state index contributed by atoms with van der Waals surface area (Å²) in [4.78, 5) is 28.5. The summed E-state index contributed by atoms with van der Waals surface area (Å²) in [5.74, 6) is 0.328. The lowest BCUT2D eigenvalue weighted by Gasteiger charge is -2.30. The Labute approximate surface area is 174 Å². The predicted molar refractivity (Wildman–Crippen MR) is 116 cm³/mol. The smallest absolute Gasteiger partial charge is 0.313 e. The normalized spacial score (nSPS) is 15.3. The zero-order valence-electron chi connectivity index (χ0n) is 18.1. The molecule has 1 aliphatic rings. The van der Waals surface area contributed by atoms with Crippen LogP contribution in [0.3, 0.4) is 0 Å². The number of rotatable bonds is 10. The van der Waals surface area contributed by atoms with Crippen molar-refractivity contribution in [2.75, 3.05) is 58.7 Å². The van der Waals surface area contributed by atoms with Crippen molar-refractivity contribution in [2.45, 2.75) is 32.6 Å². The summed E-state index contributed by atoms with van der Waals surface area (Å²) in [7, 11) is 4.06. The molecule has 1 aromatic rings. The molecule has 2 rings (SSSR count). The SMILES string of the molecule is CC1CCN(CCCNC(=O)C(=O)Nc2ccc(OCCCN(C)C)cc2)CC1. The van der Waals surface area contributed by atoms with Crippen LogP contribution in [-0.2, 0) is 9.59 Å². The van der Waals surface area contributed by atoms with Crippen LogP contribution in [0.2, 0.25) is 0 Å². The predicted octanol–water partition coefficient (Wildman–Crippen LogP) is 2.19. The molecule has 1 saturated heterocycles. The number of anilines is 1. The van der Waals surface area contributed by atoms with Crippen LogP contribution in [0, 0.1) is 5.92 Å². The van der Waals surface area contributed by atoms with Crippen LogP contribution < -0.4 is 15.4 Å². The van der Waals surface area contributed by atoms with Gasteiger partial charge in [0.2, 0.25) is 0 Å². The molecule has 0 saturated carbocycles. The van der Waals surface area contributed by atoms with Gasteiger partial charge < -0.3 is 25.2 Å². The van der Waals surface area contributed by atoms with E-state index in [1.54, 1.807) is 24.3 Å². The Morgan fingerprint density at radius 3 is 2.45 bits per heavy atom. The second kappa shape index (κ2) is 12.4. The Morgan fingerprint density at radius 2 is 1.79 bits per heavy atom. The van der Waals surface area contributed by atoms with E-state index in [0.717, 1.165) is 50.7 Å². The van der Waals surface area contributed by atoms with Crippen LogP contribution in [-0.4, -0.2) is 75.0 Å². The van der Waals surface area contributed by atoms with Gasteiger partial charge in [0.05, 0.1) is 6.61 Å². The molecule has 0 aromatic heterocycles. The first kappa shape index (κ1) is 23.2. The van der Waals surface area contributed by atoms with Crippen molar-refractivity contribution < 1.29 is 14.3 Å². The van der Waals surface area contributed by atoms with Crippen molar-refractivity contribution in [1.82, 2.24) is 15.1 Å². The number of benzene rings is 1. The summed E-state index contributed by atoms with van der Waals surface area (Å²) in [6, 6.07) is 7.07. The fraction of sp³-hybridized carbons (Fsp3) is 0.636. The van der Waals surface area contributed by atoms with E-state index in [4.69, 9.17) is 4.74 Å². The molecule has 2 N–H and O–H groups in total. The fourth-order valence-electron chi connectivity index (χ4n) is 3.26. The Kier molecular flexibility index (Phi) is 9.94. The van der Waals surface area contributed by atoms with Crippen molar-refractivity contribution >= 4 is 17.5 Å². The van der Waals surface area contributed by atoms with Gasteiger partial charge in [0, 0.05) is 18.8 Å². The molecule has 2 amide bonds. The third kappa shape index (κ3) is 9.28. The number of carbonyl (C=O) groups is 2. The molecule has 7 nitrogen and oxygen atoms in total. The average molecular weight is 405 g/mol. The number of carbonyl (C=O) groups excluding carboxylic acids is 2. The molecule has 1 aromatic carbocycles. The van der Waals surface area contributed by atoms with Crippen LogP contribution in [0.4, 0.5) is 5.69 Å². The first-order chi connectivity index (χ1) is 13.9. The Bertz CT molecular complexity index is 625. The number of hydrogen-bond acceptors (Lipinski definition) is 5.